The van der Waals surface area contributed by atoms with E-state index in [1.165, 1.54) is 60.3 Å². The second kappa shape index (κ2) is 10.5. The molecule has 0 aliphatic rings. The Morgan fingerprint density at radius 2 is 1.69 bits per heavy atom. The molecule has 1 atom stereocenters. The average Bonchev–Trinajstić information content (AvgIpc) is 2.78. The third-order valence-electron chi connectivity index (χ3n) is 4.49. The van der Waals surface area contributed by atoms with Gasteiger partial charge in [0.1, 0.15) is 5.82 Å². The second-order valence-electron chi connectivity index (χ2n) is 6.80. The van der Waals surface area contributed by atoms with Crippen molar-refractivity contribution < 1.29 is 18.9 Å². The minimum absolute atomic E-state index is 0.0519. The first-order chi connectivity index (χ1) is 15.4. The first-order valence-electron chi connectivity index (χ1n) is 9.74. The van der Waals surface area contributed by atoms with E-state index in [4.69, 9.17) is 0 Å². The highest BCUT2D eigenvalue weighted by molar-refractivity contribution is 8.00. The zero-order valence-electron chi connectivity index (χ0n) is 17.1. The van der Waals surface area contributed by atoms with Crippen LogP contribution >= 0.6 is 11.8 Å². The van der Waals surface area contributed by atoms with Gasteiger partial charge in [0.05, 0.1) is 10.2 Å². The zero-order valence-corrected chi connectivity index (χ0v) is 17.9. The fourth-order valence-electron chi connectivity index (χ4n) is 2.83. The lowest BCUT2D eigenvalue weighted by atomic mass is 10.2. The molecule has 0 saturated heterocycles. The molecule has 3 aromatic rings. The standard InChI is InChI=1S/C23H20FN3O4S/c1-2-21(23(29)25-17-10-12-19(13-11-17)27(30)31)32-20-5-3-4-18(14-20)26-22(28)15-6-8-16(24)9-7-15/h3-14,21H,2H2,1H3,(H,25,29)(H,26,28). The monoisotopic (exact) mass is 453 g/mol. The van der Waals surface area contributed by atoms with Gasteiger partial charge in [0.15, 0.2) is 0 Å². The molecule has 0 saturated carbocycles. The summed E-state index contributed by atoms with van der Waals surface area (Å²) in [5.41, 5.74) is 1.30. The Morgan fingerprint density at radius 1 is 1.00 bits per heavy atom. The molecule has 32 heavy (non-hydrogen) atoms. The van der Waals surface area contributed by atoms with E-state index in [1.54, 1.807) is 18.2 Å². The smallest absolute Gasteiger partial charge is 0.269 e. The van der Waals surface area contributed by atoms with E-state index in [2.05, 4.69) is 10.6 Å². The number of thioether (sulfide) groups is 1. The molecule has 0 aliphatic heterocycles. The van der Waals surface area contributed by atoms with Crippen LogP contribution in [0.2, 0.25) is 0 Å². The second-order valence-corrected chi connectivity index (χ2v) is 8.07. The summed E-state index contributed by atoms with van der Waals surface area (Å²) in [4.78, 5) is 36.1. The molecule has 0 heterocycles. The number of nitro groups is 1. The van der Waals surface area contributed by atoms with Gasteiger partial charge in [0.25, 0.3) is 11.6 Å². The van der Waals surface area contributed by atoms with Gasteiger partial charge in [-0.3, -0.25) is 19.7 Å². The normalized spacial score (nSPS) is 11.4. The summed E-state index contributed by atoms with van der Waals surface area (Å²) < 4.78 is 13.0. The lowest BCUT2D eigenvalue weighted by Crippen LogP contribution is -2.24. The Labute approximate surface area is 188 Å². The van der Waals surface area contributed by atoms with Crippen molar-refractivity contribution >= 4 is 40.6 Å². The van der Waals surface area contributed by atoms with Crippen LogP contribution in [0.3, 0.4) is 0 Å². The van der Waals surface area contributed by atoms with Gasteiger partial charge in [-0.05, 0) is 61.0 Å². The summed E-state index contributed by atoms with van der Waals surface area (Å²) in [5.74, 6) is -1.01. The number of anilines is 2. The van der Waals surface area contributed by atoms with Crippen molar-refractivity contribution in [2.24, 2.45) is 0 Å². The molecule has 0 bridgehead atoms. The predicted molar refractivity (Wildman–Crippen MR) is 122 cm³/mol. The number of halogens is 1. The molecule has 0 aromatic heterocycles. The number of carbonyl (C=O) groups excluding carboxylic acids is 2. The van der Waals surface area contributed by atoms with Crippen LogP contribution in [0, 0.1) is 15.9 Å². The topological polar surface area (TPSA) is 101 Å². The van der Waals surface area contributed by atoms with Gasteiger partial charge in [-0.25, -0.2) is 4.39 Å². The highest BCUT2D eigenvalue weighted by Crippen LogP contribution is 2.29. The lowest BCUT2D eigenvalue weighted by Gasteiger charge is -2.15. The van der Waals surface area contributed by atoms with Crippen molar-refractivity contribution in [3.05, 3.63) is 94.3 Å². The van der Waals surface area contributed by atoms with Crippen LogP contribution in [0.5, 0.6) is 0 Å². The molecule has 3 aromatic carbocycles. The molecule has 2 amide bonds. The minimum atomic E-state index is -0.502. The summed E-state index contributed by atoms with van der Waals surface area (Å²) in [6.07, 6.45) is 0.551. The van der Waals surface area contributed by atoms with Gasteiger partial charge in [-0.15, -0.1) is 11.8 Å². The molecule has 1 unspecified atom stereocenters. The van der Waals surface area contributed by atoms with E-state index in [9.17, 15) is 24.1 Å². The van der Waals surface area contributed by atoms with E-state index in [-0.39, 0.29) is 17.5 Å². The minimum Gasteiger partial charge on any atom is -0.325 e. The molecule has 0 aliphatic carbocycles. The van der Waals surface area contributed by atoms with Crippen LogP contribution in [0.4, 0.5) is 21.5 Å². The Kier molecular flexibility index (Phi) is 7.56. The highest BCUT2D eigenvalue weighted by Gasteiger charge is 2.19. The van der Waals surface area contributed by atoms with Crippen LogP contribution in [0.1, 0.15) is 23.7 Å². The number of benzene rings is 3. The van der Waals surface area contributed by atoms with Crippen LogP contribution < -0.4 is 10.6 Å². The van der Waals surface area contributed by atoms with Gasteiger partial charge < -0.3 is 10.6 Å². The molecule has 0 radical (unpaired) electrons. The third kappa shape index (κ3) is 6.14. The van der Waals surface area contributed by atoms with Crippen molar-refractivity contribution in [1.29, 1.82) is 0 Å². The molecule has 0 fully saturated rings. The van der Waals surface area contributed by atoms with Crippen LogP contribution in [0.25, 0.3) is 0 Å². The van der Waals surface area contributed by atoms with Gasteiger partial charge in [-0.1, -0.05) is 13.0 Å². The van der Waals surface area contributed by atoms with E-state index in [0.29, 0.717) is 23.4 Å². The Balaban J connectivity index is 1.64. The number of hydrogen-bond acceptors (Lipinski definition) is 5. The van der Waals surface area contributed by atoms with Gasteiger partial charge in [0.2, 0.25) is 5.91 Å². The first kappa shape index (κ1) is 23.0. The molecular formula is C23H20FN3O4S. The Morgan fingerprint density at radius 3 is 2.31 bits per heavy atom. The molecule has 9 heteroatoms. The van der Waals surface area contributed by atoms with Crippen molar-refractivity contribution in [3.8, 4) is 0 Å². The van der Waals surface area contributed by atoms with E-state index < -0.39 is 16.0 Å². The Bertz CT molecular complexity index is 1120. The zero-order chi connectivity index (χ0) is 23.1. The molecule has 2 N–H and O–H groups in total. The third-order valence-corrected chi connectivity index (χ3v) is 5.84. The highest BCUT2D eigenvalue weighted by atomic mass is 32.2. The molecule has 3 rings (SSSR count). The SMILES string of the molecule is CCC(Sc1cccc(NC(=O)c2ccc(F)cc2)c1)C(=O)Nc1ccc([N+](=O)[O-])cc1. The number of non-ortho nitro benzene ring substituents is 1. The lowest BCUT2D eigenvalue weighted by molar-refractivity contribution is -0.384. The number of carbonyl (C=O) groups is 2. The number of amides is 2. The predicted octanol–water partition coefficient (Wildman–Crippen LogP) is 5.50. The van der Waals surface area contributed by atoms with Crippen molar-refractivity contribution in [2.75, 3.05) is 10.6 Å². The molecular weight excluding hydrogens is 433 g/mol. The molecule has 7 nitrogen and oxygen atoms in total. The fraction of sp³-hybridized carbons (Fsp3) is 0.130. The number of nitro benzene ring substituents is 1. The molecule has 164 valence electrons. The number of nitrogens with one attached hydrogen (secondary N) is 2. The van der Waals surface area contributed by atoms with E-state index >= 15 is 0 Å². The first-order valence-corrected chi connectivity index (χ1v) is 10.6. The number of hydrogen-bond donors (Lipinski definition) is 2. The maximum absolute atomic E-state index is 13.0. The average molecular weight is 453 g/mol. The fourth-order valence-corrected chi connectivity index (χ4v) is 3.84. The summed E-state index contributed by atoms with van der Waals surface area (Å²) >= 11 is 1.34. The quantitative estimate of drug-likeness (QED) is 0.267. The Hall–Kier alpha value is -3.72. The largest absolute Gasteiger partial charge is 0.325 e. The number of rotatable bonds is 8. The summed E-state index contributed by atoms with van der Waals surface area (Å²) in [6, 6.07) is 18.0. The maximum atomic E-state index is 13.0. The van der Waals surface area contributed by atoms with Gasteiger partial charge >= 0.3 is 0 Å². The summed E-state index contributed by atoms with van der Waals surface area (Å²) in [5, 5.41) is 15.9. The summed E-state index contributed by atoms with van der Waals surface area (Å²) in [7, 11) is 0. The van der Waals surface area contributed by atoms with E-state index in [1.807, 2.05) is 13.0 Å². The van der Waals surface area contributed by atoms with E-state index in [0.717, 1.165) is 4.90 Å². The van der Waals surface area contributed by atoms with Crippen molar-refractivity contribution in [2.45, 2.75) is 23.5 Å². The number of nitrogens with zero attached hydrogens (tertiary/aromatic N) is 1. The van der Waals surface area contributed by atoms with Gasteiger partial charge in [0, 0.05) is 34.0 Å². The summed E-state index contributed by atoms with van der Waals surface area (Å²) in [6.45, 7) is 1.88. The van der Waals surface area contributed by atoms with Crippen molar-refractivity contribution in [1.82, 2.24) is 0 Å². The van der Waals surface area contributed by atoms with Crippen molar-refractivity contribution in [3.63, 3.8) is 0 Å². The van der Waals surface area contributed by atoms with Crippen LogP contribution in [0.15, 0.2) is 77.7 Å². The van der Waals surface area contributed by atoms with Crippen LogP contribution in [-0.4, -0.2) is 22.0 Å². The van der Waals surface area contributed by atoms with Crippen LogP contribution in [-0.2, 0) is 4.79 Å². The maximum Gasteiger partial charge on any atom is 0.269 e. The van der Waals surface area contributed by atoms with Gasteiger partial charge in [-0.2, -0.15) is 0 Å². The molecule has 0 spiro atoms.